The first-order valence-electron chi connectivity index (χ1n) is 17.6. The Balaban J connectivity index is 1.22. The lowest BCUT2D eigenvalue weighted by molar-refractivity contribution is -0.128. The Morgan fingerprint density at radius 3 is 2.75 bits per heavy atom. The number of aliphatic hydroxyl groups excluding tert-OH is 1. The number of fused-ring (bicyclic) bond motifs is 6. The van der Waals surface area contributed by atoms with Crippen molar-refractivity contribution in [3.05, 3.63) is 12.7 Å². The van der Waals surface area contributed by atoms with Gasteiger partial charge in [0.25, 0.3) is 0 Å². The molecule has 13 unspecified atom stereocenters. The molecule has 5 saturated heterocycles. The lowest BCUT2D eigenvalue weighted by Gasteiger charge is -2.61. The molecule has 0 aromatic carbocycles. The number of hydrogen-bond acceptors (Lipinski definition) is 7. The number of halogens is 2. The van der Waals surface area contributed by atoms with Crippen molar-refractivity contribution in [2.45, 2.75) is 139 Å². The van der Waals surface area contributed by atoms with Crippen molar-refractivity contribution in [3.8, 4) is 0 Å². The van der Waals surface area contributed by atoms with E-state index in [-0.39, 0.29) is 54.9 Å². The molecule has 5 heterocycles. The van der Waals surface area contributed by atoms with Crippen LogP contribution in [0.4, 0.5) is 13.6 Å². The van der Waals surface area contributed by atoms with Crippen LogP contribution in [-0.4, -0.2) is 108 Å². The highest BCUT2D eigenvalue weighted by atomic mass is 19.1. The highest BCUT2D eigenvalue weighted by Gasteiger charge is 2.65. The summed E-state index contributed by atoms with van der Waals surface area (Å²) in [5, 5.41) is 23.9. The number of nitrogens with zero attached hydrogens (tertiary/aromatic N) is 2. The van der Waals surface area contributed by atoms with Gasteiger partial charge >= 0.3 is 6.03 Å². The summed E-state index contributed by atoms with van der Waals surface area (Å²) >= 11 is 0. The van der Waals surface area contributed by atoms with Crippen LogP contribution in [0.2, 0.25) is 0 Å². The average molecular weight is 621 g/mol. The molecule has 9 nitrogen and oxygen atoms in total. The highest BCUT2D eigenvalue weighted by Crippen LogP contribution is 2.56. The third kappa shape index (κ3) is 5.51. The summed E-state index contributed by atoms with van der Waals surface area (Å²) in [6.07, 6.45) is 4.37. The van der Waals surface area contributed by atoms with Crippen LogP contribution in [-0.2, 0) is 4.74 Å². The SMILES string of the molecule is C=CC(O)NCC[C@@H]1[C@@H]2CC2N1C1NC(=O)N2C3NC(C(F)CC31)C1C(F)CCCC1OCCCC1CCNC(C(C)C)C12. The lowest BCUT2D eigenvalue weighted by atomic mass is 9.72. The molecule has 2 aliphatic carbocycles. The van der Waals surface area contributed by atoms with Crippen LogP contribution in [0, 0.1) is 29.6 Å². The molecular formula is C33H54F2N6O3. The third-order valence-electron chi connectivity index (χ3n) is 12.3. The van der Waals surface area contributed by atoms with Gasteiger partial charge in [0.15, 0.2) is 0 Å². The van der Waals surface area contributed by atoms with E-state index in [9.17, 15) is 9.90 Å². The smallest absolute Gasteiger partial charge is 0.320 e. The van der Waals surface area contributed by atoms with Crippen molar-refractivity contribution in [2.75, 3.05) is 19.7 Å². The maximum atomic E-state index is 16.6. The van der Waals surface area contributed by atoms with Crippen molar-refractivity contribution >= 4 is 6.03 Å². The number of alkyl halides is 2. The number of likely N-dealkylation sites (tertiary alicyclic amines) is 1. The zero-order chi connectivity index (χ0) is 30.7. The number of nitrogens with one attached hydrogen (secondary N) is 4. The fourth-order valence-corrected chi connectivity index (χ4v) is 10.2. The van der Waals surface area contributed by atoms with E-state index in [4.69, 9.17) is 4.74 Å². The molecule has 0 spiro atoms. The van der Waals surface area contributed by atoms with Crippen molar-refractivity contribution in [1.29, 1.82) is 0 Å². The number of carbonyl (C=O) groups is 1. The molecule has 44 heavy (non-hydrogen) atoms. The van der Waals surface area contributed by atoms with Gasteiger partial charge < -0.3 is 25.4 Å². The largest absolute Gasteiger partial charge is 0.378 e. The molecule has 15 atom stereocenters. The van der Waals surface area contributed by atoms with Gasteiger partial charge in [-0.15, -0.1) is 0 Å². The lowest BCUT2D eigenvalue weighted by Crippen LogP contribution is -2.80. The Labute approximate surface area is 261 Å². The van der Waals surface area contributed by atoms with E-state index in [0.717, 1.165) is 51.5 Å². The van der Waals surface area contributed by atoms with Crippen LogP contribution in [0.25, 0.3) is 0 Å². The monoisotopic (exact) mass is 620 g/mol. The number of urea groups is 1. The van der Waals surface area contributed by atoms with E-state index in [1.165, 1.54) is 6.08 Å². The summed E-state index contributed by atoms with van der Waals surface area (Å²) in [4.78, 5) is 18.9. The molecule has 7 fully saturated rings. The van der Waals surface area contributed by atoms with Gasteiger partial charge in [-0.1, -0.05) is 20.4 Å². The summed E-state index contributed by atoms with van der Waals surface area (Å²) in [6.45, 7) is 10.2. The second kappa shape index (κ2) is 12.7. The Hall–Kier alpha value is -1.37. The minimum absolute atomic E-state index is 0.0466. The van der Waals surface area contributed by atoms with E-state index in [1.807, 2.05) is 0 Å². The van der Waals surface area contributed by atoms with Crippen LogP contribution in [0.3, 0.4) is 0 Å². The number of aliphatic hydroxyl groups is 1. The minimum atomic E-state index is -1.23. The number of ether oxygens (including phenoxy) is 1. The minimum Gasteiger partial charge on any atom is -0.378 e. The fourth-order valence-electron chi connectivity index (χ4n) is 10.2. The summed E-state index contributed by atoms with van der Waals surface area (Å²) in [7, 11) is 0. The Bertz CT molecular complexity index is 1050. The van der Waals surface area contributed by atoms with Gasteiger partial charge in [0.1, 0.15) is 18.6 Å². The first-order valence-corrected chi connectivity index (χ1v) is 17.6. The number of rotatable bonds is 7. The molecule has 5 N–H and O–H groups in total. The highest BCUT2D eigenvalue weighted by molar-refractivity contribution is 5.76. The van der Waals surface area contributed by atoms with Gasteiger partial charge in [0.05, 0.1) is 24.5 Å². The van der Waals surface area contributed by atoms with Crippen molar-refractivity contribution in [2.24, 2.45) is 29.6 Å². The van der Waals surface area contributed by atoms with E-state index >= 15 is 8.78 Å². The first-order chi connectivity index (χ1) is 21.3. The zero-order valence-corrected chi connectivity index (χ0v) is 26.4. The average Bonchev–Trinajstić information content (AvgIpc) is 3.71. The Kier molecular flexibility index (Phi) is 9.00. The van der Waals surface area contributed by atoms with E-state index < -0.39 is 30.5 Å². The molecule has 7 rings (SSSR count). The molecule has 2 saturated carbocycles. The third-order valence-corrected chi connectivity index (χ3v) is 12.3. The normalized spacial score (nSPS) is 48.0. The predicted molar refractivity (Wildman–Crippen MR) is 164 cm³/mol. The van der Waals surface area contributed by atoms with E-state index in [1.54, 1.807) is 0 Å². The number of amides is 2. The fraction of sp³-hybridized carbons (Fsp3) is 0.909. The summed E-state index contributed by atoms with van der Waals surface area (Å²) in [5.74, 6) is 0.472. The molecule has 11 heteroatoms. The molecule has 0 radical (unpaired) electrons. The van der Waals surface area contributed by atoms with Gasteiger partial charge in [-0.25, -0.2) is 13.6 Å². The van der Waals surface area contributed by atoms with Gasteiger partial charge in [0.2, 0.25) is 0 Å². The Morgan fingerprint density at radius 1 is 1.11 bits per heavy atom. The van der Waals surface area contributed by atoms with Crippen LogP contribution in [0.5, 0.6) is 0 Å². The molecule has 0 aromatic heterocycles. The van der Waals surface area contributed by atoms with Crippen molar-refractivity contribution in [1.82, 2.24) is 31.1 Å². The molecule has 7 aliphatic rings. The molecule has 0 aromatic rings. The molecular weight excluding hydrogens is 566 g/mol. The van der Waals surface area contributed by atoms with E-state index in [0.29, 0.717) is 43.4 Å². The van der Waals surface area contributed by atoms with Crippen LogP contribution < -0.4 is 21.3 Å². The summed E-state index contributed by atoms with van der Waals surface area (Å²) < 4.78 is 38.7. The molecule has 248 valence electrons. The first kappa shape index (κ1) is 31.2. The quantitative estimate of drug-likeness (QED) is 0.221. The van der Waals surface area contributed by atoms with Crippen LogP contribution in [0.1, 0.15) is 71.6 Å². The topological polar surface area (TPSA) is 101 Å². The number of hydrogen-bond donors (Lipinski definition) is 5. The number of carbonyl (C=O) groups excluding carboxylic acids is 1. The summed E-state index contributed by atoms with van der Waals surface area (Å²) in [5.41, 5.74) is 0. The van der Waals surface area contributed by atoms with Gasteiger partial charge in [-0.05, 0) is 94.7 Å². The van der Waals surface area contributed by atoms with Crippen molar-refractivity contribution < 1.29 is 23.4 Å². The second-order valence-corrected chi connectivity index (χ2v) is 15.1. The molecule has 2 amide bonds. The van der Waals surface area contributed by atoms with Crippen LogP contribution >= 0.6 is 0 Å². The van der Waals surface area contributed by atoms with E-state index in [2.05, 4.69) is 51.5 Å². The second-order valence-electron chi connectivity index (χ2n) is 15.1. The Morgan fingerprint density at radius 2 is 1.95 bits per heavy atom. The standard InChI is InChI=1S/C33H54F2N6O3/c1-4-26(42)36-13-11-23-19-16-24(19)40(23)32-20-15-22(35)29-27-21(34)8-5-9-25(27)44-14-6-7-18-10-12-37-28(17(2)3)30(18)41(31(20)38-29)33(43)39-32/h4,17-32,36-38,42H,1,5-16H2,2-3H3,(H,39,43)/t18?,19-,20?,21?,22?,23+,24?,25?,26?,27?,28?,29?,30?,31?,32?/m0/s1. The van der Waals surface area contributed by atoms with Gasteiger partial charge in [0, 0.05) is 42.6 Å². The summed E-state index contributed by atoms with van der Waals surface area (Å²) in [6, 6.07) is -0.0354. The van der Waals surface area contributed by atoms with Crippen LogP contribution in [0.15, 0.2) is 12.7 Å². The maximum absolute atomic E-state index is 16.6. The zero-order valence-electron chi connectivity index (χ0n) is 26.4. The van der Waals surface area contributed by atoms with Crippen molar-refractivity contribution in [3.63, 3.8) is 0 Å². The van der Waals surface area contributed by atoms with Gasteiger partial charge in [-0.3, -0.25) is 15.5 Å². The molecule has 2 bridgehead atoms. The molecule has 5 aliphatic heterocycles. The maximum Gasteiger partial charge on any atom is 0.320 e. The van der Waals surface area contributed by atoms with Gasteiger partial charge in [-0.2, -0.15) is 0 Å². The number of piperidine rings is 2. The predicted octanol–water partition coefficient (Wildman–Crippen LogP) is 2.86.